The molecule has 0 saturated carbocycles. The Kier molecular flexibility index (Phi) is 17.8. The van der Waals surface area contributed by atoms with Crippen LogP contribution in [0, 0.1) is 0 Å². The largest absolute Gasteiger partial charge is 0.444 e. The van der Waals surface area contributed by atoms with Gasteiger partial charge in [-0.15, -0.1) is 0 Å². The SMILES string of the molecule is CCCCCCCCCCCCCCCCCC1COC(COC(=O)N(Cc2cccc[n+]2CC)C(C)=O)O1. The average Bonchev–Trinajstić information content (AvgIpc) is 3.40. The standard InChI is InChI=1S/C32H55N2O5/c1-4-6-7-8-9-10-11-12-13-14-15-16-17-18-19-23-30-26-37-31(39-30)27-38-32(36)34(28(3)35)25-29-22-20-21-24-33(29)5-2/h20-22,24,30-31H,4-19,23,25-27H2,1-3H3/q+1. The van der Waals surface area contributed by atoms with Gasteiger partial charge in [0.05, 0.1) is 12.7 Å². The number of carbonyl (C=O) groups excluding carboxylic acids is 2. The van der Waals surface area contributed by atoms with Crippen molar-refractivity contribution >= 4 is 12.0 Å². The normalized spacial score (nSPS) is 16.9. The van der Waals surface area contributed by atoms with Crippen molar-refractivity contribution in [2.45, 2.75) is 149 Å². The monoisotopic (exact) mass is 547 g/mol. The first-order valence-corrected chi connectivity index (χ1v) is 15.7. The minimum Gasteiger partial charge on any atom is -0.444 e. The fourth-order valence-corrected chi connectivity index (χ4v) is 5.14. The highest BCUT2D eigenvalue weighted by Crippen LogP contribution is 2.19. The van der Waals surface area contributed by atoms with Crippen LogP contribution in [0.3, 0.4) is 0 Å². The molecule has 1 fully saturated rings. The molecule has 2 heterocycles. The van der Waals surface area contributed by atoms with Gasteiger partial charge in [0.15, 0.2) is 12.5 Å². The van der Waals surface area contributed by atoms with Gasteiger partial charge in [0.25, 0.3) is 0 Å². The summed E-state index contributed by atoms with van der Waals surface area (Å²) in [6.07, 6.45) is 22.0. The van der Waals surface area contributed by atoms with E-state index in [-0.39, 0.29) is 25.2 Å². The van der Waals surface area contributed by atoms with Gasteiger partial charge >= 0.3 is 6.09 Å². The van der Waals surface area contributed by atoms with Crippen LogP contribution in [0.5, 0.6) is 0 Å². The summed E-state index contributed by atoms with van der Waals surface area (Å²) in [5.41, 5.74) is 0.865. The molecule has 0 aromatic carbocycles. The molecule has 2 atom stereocenters. The number of rotatable bonds is 21. The second kappa shape index (κ2) is 20.8. The van der Waals surface area contributed by atoms with E-state index in [1.54, 1.807) is 0 Å². The van der Waals surface area contributed by atoms with Gasteiger partial charge in [-0.1, -0.05) is 109 Å². The van der Waals surface area contributed by atoms with E-state index in [9.17, 15) is 9.59 Å². The first-order valence-electron chi connectivity index (χ1n) is 15.7. The predicted molar refractivity (Wildman–Crippen MR) is 154 cm³/mol. The van der Waals surface area contributed by atoms with Crippen molar-refractivity contribution in [1.82, 2.24) is 4.90 Å². The number of unbranched alkanes of at least 4 members (excludes halogenated alkanes) is 14. The van der Waals surface area contributed by atoms with Crippen LogP contribution in [-0.2, 0) is 32.1 Å². The van der Waals surface area contributed by atoms with E-state index in [4.69, 9.17) is 14.2 Å². The zero-order valence-corrected chi connectivity index (χ0v) is 25.0. The number of hydrogen-bond donors (Lipinski definition) is 0. The third kappa shape index (κ3) is 14.3. The Bertz CT molecular complexity index is 803. The second-order valence-corrected chi connectivity index (χ2v) is 10.9. The molecule has 0 bridgehead atoms. The van der Waals surface area contributed by atoms with E-state index < -0.39 is 12.4 Å². The average molecular weight is 548 g/mol. The van der Waals surface area contributed by atoms with Crippen molar-refractivity contribution in [3.05, 3.63) is 30.1 Å². The lowest BCUT2D eigenvalue weighted by Gasteiger charge is -2.19. The lowest BCUT2D eigenvalue weighted by atomic mass is 10.0. The Hall–Kier alpha value is -1.99. The third-order valence-corrected chi connectivity index (χ3v) is 7.58. The zero-order chi connectivity index (χ0) is 28.1. The molecule has 1 aliphatic heterocycles. The smallest absolute Gasteiger partial charge is 0.417 e. The highest BCUT2D eigenvalue weighted by molar-refractivity contribution is 5.90. The van der Waals surface area contributed by atoms with E-state index in [2.05, 4.69) is 6.92 Å². The van der Waals surface area contributed by atoms with Crippen LogP contribution >= 0.6 is 0 Å². The Morgan fingerprint density at radius 2 is 1.49 bits per heavy atom. The quantitative estimate of drug-likeness (QED) is 0.118. The van der Waals surface area contributed by atoms with Gasteiger partial charge in [0, 0.05) is 19.1 Å². The van der Waals surface area contributed by atoms with Crippen molar-refractivity contribution in [1.29, 1.82) is 0 Å². The lowest BCUT2D eigenvalue weighted by molar-refractivity contribution is -0.701. The Morgan fingerprint density at radius 3 is 2.05 bits per heavy atom. The van der Waals surface area contributed by atoms with Crippen molar-refractivity contribution < 1.29 is 28.4 Å². The molecule has 222 valence electrons. The van der Waals surface area contributed by atoms with Gasteiger partial charge in [-0.3, -0.25) is 4.79 Å². The number of carbonyl (C=O) groups is 2. The summed E-state index contributed by atoms with van der Waals surface area (Å²) < 4.78 is 19.0. The molecule has 2 unspecified atom stereocenters. The first-order chi connectivity index (χ1) is 19.0. The number of amides is 2. The highest BCUT2D eigenvalue weighted by atomic mass is 16.7. The Morgan fingerprint density at radius 1 is 0.897 bits per heavy atom. The number of aromatic nitrogens is 1. The van der Waals surface area contributed by atoms with E-state index in [0.717, 1.165) is 30.0 Å². The predicted octanol–water partition coefficient (Wildman–Crippen LogP) is 7.48. The van der Waals surface area contributed by atoms with E-state index in [1.165, 1.54) is 96.8 Å². The molecule has 39 heavy (non-hydrogen) atoms. The molecule has 1 aromatic heterocycles. The molecule has 0 aliphatic carbocycles. The van der Waals surface area contributed by atoms with Crippen LogP contribution < -0.4 is 4.57 Å². The van der Waals surface area contributed by atoms with Crippen LogP contribution in [0.2, 0.25) is 0 Å². The minimum absolute atomic E-state index is 0.0134. The summed E-state index contributed by atoms with van der Waals surface area (Å²) in [6.45, 7) is 7.09. The fraction of sp³-hybridized carbons (Fsp3) is 0.781. The summed E-state index contributed by atoms with van der Waals surface area (Å²) in [5, 5.41) is 0. The Labute approximate surface area is 237 Å². The number of imide groups is 1. The maximum Gasteiger partial charge on any atom is 0.417 e. The van der Waals surface area contributed by atoms with Crippen molar-refractivity contribution in [3.8, 4) is 0 Å². The summed E-state index contributed by atoms with van der Waals surface area (Å²) >= 11 is 0. The van der Waals surface area contributed by atoms with E-state index in [1.807, 2.05) is 35.9 Å². The summed E-state index contributed by atoms with van der Waals surface area (Å²) in [5.74, 6) is -0.356. The van der Waals surface area contributed by atoms with Gasteiger partial charge in [-0.05, 0) is 13.3 Å². The lowest BCUT2D eigenvalue weighted by Crippen LogP contribution is -2.43. The second-order valence-electron chi connectivity index (χ2n) is 10.9. The van der Waals surface area contributed by atoms with Crippen molar-refractivity contribution in [3.63, 3.8) is 0 Å². The summed E-state index contributed by atoms with van der Waals surface area (Å²) in [6, 6.07) is 5.72. The molecule has 1 aliphatic rings. The summed E-state index contributed by atoms with van der Waals surface area (Å²) in [4.78, 5) is 25.8. The fourth-order valence-electron chi connectivity index (χ4n) is 5.14. The van der Waals surface area contributed by atoms with E-state index in [0.29, 0.717) is 6.61 Å². The van der Waals surface area contributed by atoms with Gasteiger partial charge in [0.1, 0.15) is 19.7 Å². The molecule has 0 radical (unpaired) electrons. The molecule has 0 spiro atoms. The van der Waals surface area contributed by atoms with Crippen LogP contribution in [0.1, 0.15) is 129 Å². The maximum atomic E-state index is 12.6. The van der Waals surface area contributed by atoms with Gasteiger partial charge in [-0.25, -0.2) is 14.3 Å². The molecule has 7 nitrogen and oxygen atoms in total. The number of ether oxygens (including phenoxy) is 3. The molecule has 7 heteroatoms. The highest BCUT2D eigenvalue weighted by Gasteiger charge is 2.29. The number of pyridine rings is 1. The zero-order valence-electron chi connectivity index (χ0n) is 25.0. The maximum absolute atomic E-state index is 12.6. The number of hydrogen-bond acceptors (Lipinski definition) is 5. The van der Waals surface area contributed by atoms with Gasteiger partial charge in [0.2, 0.25) is 11.6 Å². The number of nitrogens with zero attached hydrogens (tertiary/aromatic N) is 2. The minimum atomic E-state index is -0.674. The molecule has 1 aromatic rings. The van der Waals surface area contributed by atoms with Crippen molar-refractivity contribution in [2.24, 2.45) is 0 Å². The first kappa shape index (κ1) is 33.2. The van der Waals surface area contributed by atoms with Gasteiger partial charge in [-0.2, -0.15) is 0 Å². The van der Waals surface area contributed by atoms with Gasteiger partial charge < -0.3 is 14.2 Å². The van der Waals surface area contributed by atoms with Crippen LogP contribution in [0.15, 0.2) is 24.4 Å². The van der Waals surface area contributed by atoms with Crippen LogP contribution in [-0.4, -0.2) is 42.5 Å². The van der Waals surface area contributed by atoms with Crippen molar-refractivity contribution in [2.75, 3.05) is 13.2 Å². The molecule has 0 N–H and O–H groups in total. The summed E-state index contributed by atoms with van der Waals surface area (Å²) in [7, 11) is 0. The molecule has 2 amide bonds. The molecule has 1 saturated heterocycles. The molecule has 2 rings (SSSR count). The Balaban J connectivity index is 1.48. The molecular formula is C32H55N2O5+. The van der Waals surface area contributed by atoms with E-state index >= 15 is 0 Å². The third-order valence-electron chi connectivity index (χ3n) is 7.58. The van der Waals surface area contributed by atoms with Crippen LogP contribution in [0.4, 0.5) is 4.79 Å². The number of aryl methyl sites for hydroxylation is 1. The topological polar surface area (TPSA) is 69.0 Å². The molecular weight excluding hydrogens is 492 g/mol. The van der Waals surface area contributed by atoms with Crippen LogP contribution in [0.25, 0.3) is 0 Å².